The molecule has 0 unspecified atom stereocenters. The van der Waals surface area contributed by atoms with Gasteiger partial charge in [0, 0.05) is 11.4 Å². The van der Waals surface area contributed by atoms with E-state index in [1.807, 2.05) is 56.3 Å². The van der Waals surface area contributed by atoms with Crippen molar-refractivity contribution in [2.45, 2.75) is 19.9 Å². The molecule has 1 atom stereocenters. The number of allylic oxidation sites excluding steroid dienone is 1. The molecule has 2 aromatic rings. The van der Waals surface area contributed by atoms with Gasteiger partial charge in [0.2, 0.25) is 6.79 Å². The standard InChI is InChI=1S/C20H19N3O3S/c1-11-5-3-4-6-14(11)22-19(24)17-12(2)21-20(27)23-18(17)13-7-8-15-16(9-13)26-10-25-15/h3-9,18H,10H2,1-2H3,(H,22,24)(H2,21,23,27)/t18-/m1/s1. The van der Waals surface area contributed by atoms with Gasteiger partial charge in [0.25, 0.3) is 5.91 Å². The van der Waals surface area contributed by atoms with Crippen LogP contribution < -0.4 is 25.4 Å². The predicted molar refractivity (Wildman–Crippen MR) is 107 cm³/mol. The highest BCUT2D eigenvalue weighted by Crippen LogP contribution is 2.37. The third kappa shape index (κ3) is 3.33. The van der Waals surface area contributed by atoms with Gasteiger partial charge in [-0.05, 0) is 55.4 Å². The summed E-state index contributed by atoms with van der Waals surface area (Å²) in [6.07, 6.45) is 0. The number of hydrogen-bond donors (Lipinski definition) is 3. The molecule has 0 aromatic heterocycles. The quantitative estimate of drug-likeness (QED) is 0.710. The topological polar surface area (TPSA) is 71.6 Å². The third-order valence-electron chi connectivity index (χ3n) is 4.64. The van der Waals surface area contributed by atoms with Crippen LogP contribution in [0, 0.1) is 6.92 Å². The van der Waals surface area contributed by atoms with Gasteiger partial charge in [-0.3, -0.25) is 4.79 Å². The van der Waals surface area contributed by atoms with E-state index in [2.05, 4.69) is 16.0 Å². The molecule has 2 aromatic carbocycles. The number of rotatable bonds is 3. The van der Waals surface area contributed by atoms with Gasteiger partial charge in [0.15, 0.2) is 16.6 Å². The van der Waals surface area contributed by atoms with E-state index >= 15 is 0 Å². The Morgan fingerprint density at radius 1 is 1.15 bits per heavy atom. The first-order valence-electron chi connectivity index (χ1n) is 8.58. The van der Waals surface area contributed by atoms with E-state index in [-0.39, 0.29) is 12.7 Å². The molecule has 0 radical (unpaired) electrons. The number of aryl methyl sites for hydroxylation is 1. The molecule has 0 fully saturated rings. The molecule has 0 spiro atoms. The van der Waals surface area contributed by atoms with E-state index in [4.69, 9.17) is 21.7 Å². The number of nitrogens with one attached hydrogen (secondary N) is 3. The van der Waals surface area contributed by atoms with Gasteiger partial charge >= 0.3 is 0 Å². The lowest BCUT2D eigenvalue weighted by Gasteiger charge is -2.30. The number of benzene rings is 2. The Morgan fingerprint density at radius 3 is 2.74 bits per heavy atom. The number of thiocarbonyl (C=S) groups is 1. The lowest BCUT2D eigenvalue weighted by Crippen LogP contribution is -2.45. The van der Waals surface area contributed by atoms with Crippen LogP contribution in [0.2, 0.25) is 0 Å². The fourth-order valence-electron chi connectivity index (χ4n) is 3.24. The molecule has 27 heavy (non-hydrogen) atoms. The fourth-order valence-corrected chi connectivity index (χ4v) is 3.51. The number of hydrogen-bond acceptors (Lipinski definition) is 4. The summed E-state index contributed by atoms with van der Waals surface area (Å²) in [4.78, 5) is 13.1. The van der Waals surface area contributed by atoms with Gasteiger partial charge in [-0.25, -0.2) is 0 Å². The van der Waals surface area contributed by atoms with Gasteiger partial charge < -0.3 is 25.4 Å². The maximum absolute atomic E-state index is 13.1. The summed E-state index contributed by atoms with van der Waals surface area (Å²) in [6.45, 7) is 4.00. The monoisotopic (exact) mass is 381 g/mol. The lowest BCUT2D eigenvalue weighted by molar-refractivity contribution is -0.113. The number of para-hydroxylation sites is 1. The van der Waals surface area contributed by atoms with Crippen molar-refractivity contribution in [3.63, 3.8) is 0 Å². The summed E-state index contributed by atoms with van der Waals surface area (Å²) < 4.78 is 10.9. The maximum Gasteiger partial charge on any atom is 0.255 e. The average molecular weight is 381 g/mol. The minimum absolute atomic E-state index is 0.188. The molecule has 6 nitrogen and oxygen atoms in total. The van der Waals surface area contributed by atoms with Crippen molar-refractivity contribution in [3.8, 4) is 11.5 Å². The lowest BCUT2D eigenvalue weighted by atomic mass is 9.94. The molecule has 4 rings (SSSR count). The zero-order chi connectivity index (χ0) is 19.0. The van der Waals surface area contributed by atoms with Gasteiger partial charge in [0.1, 0.15) is 0 Å². The summed E-state index contributed by atoms with van der Waals surface area (Å²) in [7, 11) is 0. The first-order chi connectivity index (χ1) is 13.0. The zero-order valence-electron chi connectivity index (χ0n) is 15.0. The van der Waals surface area contributed by atoms with E-state index in [1.54, 1.807) is 0 Å². The second-order valence-electron chi connectivity index (χ2n) is 6.45. The van der Waals surface area contributed by atoms with Crippen molar-refractivity contribution in [3.05, 3.63) is 64.9 Å². The summed E-state index contributed by atoms with van der Waals surface area (Å²) in [5, 5.41) is 9.71. The third-order valence-corrected chi connectivity index (χ3v) is 4.86. The van der Waals surface area contributed by atoms with E-state index in [0.717, 1.165) is 16.8 Å². The van der Waals surface area contributed by atoms with E-state index in [9.17, 15) is 4.79 Å². The maximum atomic E-state index is 13.1. The predicted octanol–water partition coefficient (Wildman–Crippen LogP) is 3.16. The summed E-state index contributed by atoms with van der Waals surface area (Å²) >= 11 is 5.31. The van der Waals surface area contributed by atoms with Crippen LogP contribution in [0.1, 0.15) is 24.1 Å². The van der Waals surface area contributed by atoms with Crippen LogP contribution in [-0.4, -0.2) is 17.8 Å². The van der Waals surface area contributed by atoms with Gasteiger partial charge in [0.05, 0.1) is 11.6 Å². The van der Waals surface area contributed by atoms with Crippen LogP contribution >= 0.6 is 12.2 Å². The zero-order valence-corrected chi connectivity index (χ0v) is 15.8. The highest BCUT2D eigenvalue weighted by molar-refractivity contribution is 7.80. The van der Waals surface area contributed by atoms with E-state index in [0.29, 0.717) is 27.9 Å². The van der Waals surface area contributed by atoms with Crippen LogP contribution in [0.25, 0.3) is 0 Å². The molecular weight excluding hydrogens is 362 g/mol. The second-order valence-corrected chi connectivity index (χ2v) is 6.86. The summed E-state index contributed by atoms with van der Waals surface area (Å²) in [5.41, 5.74) is 3.94. The number of carbonyl (C=O) groups is 1. The Bertz CT molecular complexity index is 971. The molecule has 138 valence electrons. The molecule has 3 N–H and O–H groups in total. The molecule has 2 heterocycles. The minimum Gasteiger partial charge on any atom is -0.454 e. The summed E-state index contributed by atoms with van der Waals surface area (Å²) in [5.74, 6) is 1.17. The first-order valence-corrected chi connectivity index (χ1v) is 8.98. The number of ether oxygens (including phenoxy) is 2. The number of fused-ring (bicyclic) bond motifs is 1. The van der Waals surface area contributed by atoms with Crippen molar-refractivity contribution in [1.82, 2.24) is 10.6 Å². The molecule has 7 heteroatoms. The van der Waals surface area contributed by atoms with Gasteiger partial charge in [-0.15, -0.1) is 0 Å². The Balaban J connectivity index is 1.69. The van der Waals surface area contributed by atoms with Crippen molar-refractivity contribution >= 4 is 28.9 Å². The van der Waals surface area contributed by atoms with Crippen molar-refractivity contribution in [1.29, 1.82) is 0 Å². The minimum atomic E-state index is -0.391. The van der Waals surface area contributed by atoms with Crippen molar-refractivity contribution < 1.29 is 14.3 Å². The summed E-state index contributed by atoms with van der Waals surface area (Å²) in [6, 6.07) is 12.9. The number of anilines is 1. The van der Waals surface area contributed by atoms with Crippen LogP contribution in [0.15, 0.2) is 53.7 Å². The van der Waals surface area contributed by atoms with Crippen LogP contribution in [0.5, 0.6) is 11.5 Å². The molecule has 0 saturated carbocycles. The van der Waals surface area contributed by atoms with E-state index < -0.39 is 6.04 Å². The second kappa shape index (κ2) is 6.92. The Kier molecular flexibility index (Phi) is 4.45. The van der Waals surface area contributed by atoms with Crippen molar-refractivity contribution in [2.24, 2.45) is 0 Å². The average Bonchev–Trinajstić information content (AvgIpc) is 3.10. The SMILES string of the molecule is CC1=C(C(=O)Nc2ccccc2C)[C@@H](c2ccc3c(c2)OCO3)NC(=S)N1. The number of amides is 1. The molecule has 0 bridgehead atoms. The molecule has 2 aliphatic heterocycles. The van der Waals surface area contributed by atoms with Gasteiger partial charge in [-0.1, -0.05) is 24.3 Å². The van der Waals surface area contributed by atoms with Crippen molar-refractivity contribution in [2.75, 3.05) is 12.1 Å². The largest absolute Gasteiger partial charge is 0.454 e. The smallest absolute Gasteiger partial charge is 0.255 e. The fraction of sp³-hybridized carbons (Fsp3) is 0.200. The molecule has 1 amide bonds. The molecule has 0 saturated heterocycles. The number of carbonyl (C=O) groups excluding carboxylic acids is 1. The molecular formula is C20H19N3O3S. The van der Waals surface area contributed by atoms with Crippen LogP contribution in [0.3, 0.4) is 0 Å². The normalized spacial score (nSPS) is 18.0. The highest BCUT2D eigenvalue weighted by atomic mass is 32.1. The van der Waals surface area contributed by atoms with Crippen LogP contribution in [0.4, 0.5) is 5.69 Å². The Hall–Kier alpha value is -3.06. The molecule has 2 aliphatic rings. The Labute approximate surface area is 162 Å². The van der Waals surface area contributed by atoms with Gasteiger partial charge in [-0.2, -0.15) is 0 Å². The van der Waals surface area contributed by atoms with Crippen LogP contribution in [-0.2, 0) is 4.79 Å². The first kappa shape index (κ1) is 17.4. The Morgan fingerprint density at radius 2 is 1.93 bits per heavy atom. The highest BCUT2D eigenvalue weighted by Gasteiger charge is 2.31. The van der Waals surface area contributed by atoms with E-state index in [1.165, 1.54) is 0 Å². The molecule has 0 aliphatic carbocycles.